The molecule has 0 aliphatic carbocycles. The highest BCUT2D eigenvalue weighted by molar-refractivity contribution is 7.16. The van der Waals surface area contributed by atoms with E-state index in [0.29, 0.717) is 23.3 Å². The number of alkyl halides is 3. The molecule has 0 saturated carbocycles. The van der Waals surface area contributed by atoms with Crippen LogP contribution in [0, 0.1) is 5.92 Å². The van der Waals surface area contributed by atoms with Crippen LogP contribution >= 0.6 is 11.3 Å². The van der Waals surface area contributed by atoms with Gasteiger partial charge in [-0.05, 0) is 42.0 Å². The molecule has 3 rings (SSSR count). The zero-order valence-electron chi connectivity index (χ0n) is 19.2. The minimum Gasteiger partial charge on any atom is -0.478 e. The van der Waals surface area contributed by atoms with Crippen molar-refractivity contribution < 1.29 is 23.1 Å². The number of nitrogens with one attached hydrogen (secondary N) is 1. The van der Waals surface area contributed by atoms with Crippen LogP contribution in [0.1, 0.15) is 59.1 Å². The largest absolute Gasteiger partial charge is 0.478 e. The number of nitrogens with zero attached hydrogens (tertiary/aromatic N) is 2. The van der Waals surface area contributed by atoms with Crippen molar-refractivity contribution in [3.63, 3.8) is 0 Å². The molecule has 3 aromatic rings. The number of aromatic carboxylic acids is 1. The molecule has 0 unspecified atom stereocenters. The number of rotatable bonds is 9. The first-order valence-corrected chi connectivity index (χ1v) is 11.7. The normalized spacial score (nSPS) is 11.6. The van der Waals surface area contributed by atoms with Gasteiger partial charge in [0.05, 0.1) is 11.3 Å². The Balaban J connectivity index is 2.04. The molecule has 2 N–H and O–H groups in total. The molecule has 2 aromatic heterocycles. The third-order valence-electron chi connectivity index (χ3n) is 5.12. The smallest absolute Gasteiger partial charge is 0.417 e. The summed E-state index contributed by atoms with van der Waals surface area (Å²) in [4.78, 5) is 21.0. The summed E-state index contributed by atoms with van der Waals surface area (Å²) in [5.74, 6) is -1.37. The average Bonchev–Trinajstić information content (AvgIpc) is 3.14. The summed E-state index contributed by atoms with van der Waals surface area (Å²) >= 11 is 1.33. The van der Waals surface area contributed by atoms with E-state index in [1.807, 2.05) is 18.2 Å². The molecule has 0 amide bonds. The van der Waals surface area contributed by atoms with Crippen LogP contribution in [0.4, 0.5) is 24.1 Å². The quantitative estimate of drug-likeness (QED) is 0.326. The van der Waals surface area contributed by atoms with E-state index in [2.05, 4.69) is 48.7 Å². The number of pyridine rings is 1. The highest BCUT2D eigenvalue weighted by atomic mass is 32.1. The first-order valence-electron chi connectivity index (χ1n) is 10.9. The number of hydrogen-bond donors (Lipinski definition) is 2. The fourth-order valence-corrected chi connectivity index (χ4v) is 4.75. The molecular weight excluding hydrogens is 463 g/mol. The van der Waals surface area contributed by atoms with E-state index in [1.165, 1.54) is 16.9 Å². The highest BCUT2D eigenvalue weighted by Gasteiger charge is 2.32. The Morgan fingerprint density at radius 3 is 2.62 bits per heavy atom. The second-order valence-corrected chi connectivity index (χ2v) is 9.39. The van der Waals surface area contributed by atoms with Gasteiger partial charge in [0.25, 0.3) is 0 Å². The summed E-state index contributed by atoms with van der Waals surface area (Å²) in [7, 11) is 0. The van der Waals surface area contributed by atoms with Crippen molar-refractivity contribution in [1.82, 2.24) is 9.97 Å². The van der Waals surface area contributed by atoms with Gasteiger partial charge in [0.1, 0.15) is 11.4 Å². The summed E-state index contributed by atoms with van der Waals surface area (Å²) < 4.78 is 39.1. The zero-order valence-corrected chi connectivity index (χ0v) is 20.0. The number of carbonyl (C=O) groups is 1. The van der Waals surface area contributed by atoms with Crippen LogP contribution in [0.25, 0.3) is 17.3 Å². The molecule has 0 aliphatic rings. The molecule has 0 saturated heterocycles. The lowest BCUT2D eigenvalue weighted by Gasteiger charge is -2.10. The van der Waals surface area contributed by atoms with Crippen molar-refractivity contribution in [3.8, 4) is 11.3 Å². The Morgan fingerprint density at radius 2 is 2.03 bits per heavy atom. The van der Waals surface area contributed by atoms with Crippen molar-refractivity contribution in [2.45, 2.75) is 46.2 Å². The number of carboxylic acids is 1. The summed E-state index contributed by atoms with van der Waals surface area (Å²) in [5.41, 5.74) is 2.16. The van der Waals surface area contributed by atoms with Gasteiger partial charge in [-0.2, -0.15) is 13.2 Å². The van der Waals surface area contributed by atoms with Gasteiger partial charge in [0.15, 0.2) is 5.13 Å². The highest BCUT2D eigenvalue weighted by Crippen LogP contribution is 2.36. The SMILES string of the molecule is C=Cc1cc(-c2nc(Nc3ncc(C(F)(F)F)cc3C(=O)O)sc2CC(C)C)ccc1CCC. The number of halogens is 3. The van der Waals surface area contributed by atoms with Crippen molar-refractivity contribution in [2.75, 3.05) is 5.32 Å². The van der Waals surface area contributed by atoms with Crippen molar-refractivity contribution in [3.05, 3.63) is 64.2 Å². The molecule has 2 heterocycles. The zero-order chi connectivity index (χ0) is 25.0. The van der Waals surface area contributed by atoms with Gasteiger partial charge in [0.2, 0.25) is 0 Å². The van der Waals surface area contributed by atoms with Gasteiger partial charge in [0, 0.05) is 16.6 Å². The Hall–Kier alpha value is -3.20. The van der Waals surface area contributed by atoms with Gasteiger partial charge in [-0.15, -0.1) is 11.3 Å². The summed E-state index contributed by atoms with van der Waals surface area (Å²) in [6.07, 6.45) is 0.411. The number of thiazole rings is 1. The van der Waals surface area contributed by atoms with Gasteiger partial charge in [-0.1, -0.05) is 52.0 Å². The van der Waals surface area contributed by atoms with Crippen LogP contribution in [-0.4, -0.2) is 21.0 Å². The summed E-state index contributed by atoms with van der Waals surface area (Å²) in [6, 6.07) is 6.66. The predicted octanol–water partition coefficient (Wildman–Crippen LogP) is 7.46. The molecule has 5 nitrogen and oxygen atoms in total. The lowest BCUT2D eigenvalue weighted by Crippen LogP contribution is -2.11. The van der Waals surface area contributed by atoms with Gasteiger partial charge in [-0.25, -0.2) is 14.8 Å². The molecule has 0 bridgehead atoms. The van der Waals surface area contributed by atoms with E-state index >= 15 is 0 Å². The maximum absolute atomic E-state index is 13.0. The van der Waals surface area contributed by atoms with Crippen LogP contribution in [-0.2, 0) is 19.0 Å². The standard InChI is InChI=1S/C25H26F3N3O2S/c1-5-7-16-8-9-17(11-15(16)6-2)21-20(10-14(3)4)34-24(30-21)31-22-19(23(32)33)12-18(13-29-22)25(26,27)28/h6,8-9,11-14H,2,5,7,10H2,1,3-4H3,(H,32,33)(H,29,30,31). The van der Waals surface area contributed by atoms with Crippen LogP contribution in [0.15, 0.2) is 37.0 Å². The maximum Gasteiger partial charge on any atom is 0.417 e. The number of carboxylic acid groups (broad SMARTS) is 1. The Bertz CT molecular complexity index is 1200. The van der Waals surface area contributed by atoms with Gasteiger partial charge in [-0.3, -0.25) is 0 Å². The molecule has 0 atom stereocenters. The van der Waals surface area contributed by atoms with E-state index in [-0.39, 0.29) is 5.82 Å². The third-order valence-corrected chi connectivity index (χ3v) is 6.11. The van der Waals surface area contributed by atoms with E-state index in [1.54, 1.807) is 0 Å². The molecule has 1 aromatic carbocycles. The van der Waals surface area contributed by atoms with Crippen LogP contribution in [0.2, 0.25) is 0 Å². The minimum atomic E-state index is -4.69. The first-order chi connectivity index (χ1) is 16.0. The lowest BCUT2D eigenvalue weighted by molar-refractivity contribution is -0.137. The van der Waals surface area contributed by atoms with Crippen molar-refractivity contribution in [1.29, 1.82) is 0 Å². The third kappa shape index (κ3) is 5.83. The summed E-state index contributed by atoms with van der Waals surface area (Å²) in [6.45, 7) is 10.2. The molecule has 0 spiro atoms. The van der Waals surface area contributed by atoms with Gasteiger partial charge >= 0.3 is 12.1 Å². The molecule has 9 heteroatoms. The molecule has 0 aliphatic heterocycles. The van der Waals surface area contributed by atoms with Gasteiger partial charge < -0.3 is 10.4 Å². The van der Waals surface area contributed by atoms with Crippen molar-refractivity contribution in [2.24, 2.45) is 5.92 Å². The minimum absolute atomic E-state index is 0.193. The maximum atomic E-state index is 13.0. The van der Waals surface area contributed by atoms with Crippen LogP contribution < -0.4 is 5.32 Å². The Morgan fingerprint density at radius 1 is 1.29 bits per heavy atom. The predicted molar refractivity (Wildman–Crippen MR) is 130 cm³/mol. The van der Waals surface area contributed by atoms with Crippen LogP contribution in [0.3, 0.4) is 0 Å². The summed E-state index contributed by atoms with van der Waals surface area (Å²) in [5, 5.41) is 12.6. The monoisotopic (exact) mass is 489 g/mol. The van der Waals surface area contributed by atoms with E-state index in [4.69, 9.17) is 0 Å². The fourth-order valence-electron chi connectivity index (χ4n) is 3.55. The number of benzene rings is 1. The second-order valence-electron chi connectivity index (χ2n) is 8.30. The number of aromatic nitrogens is 2. The van der Waals surface area contributed by atoms with E-state index in [9.17, 15) is 23.1 Å². The van der Waals surface area contributed by atoms with Crippen molar-refractivity contribution >= 4 is 34.3 Å². The number of anilines is 2. The van der Waals surface area contributed by atoms with E-state index < -0.39 is 23.3 Å². The topological polar surface area (TPSA) is 75.1 Å². The Kier molecular flexibility index (Phi) is 7.76. The lowest BCUT2D eigenvalue weighted by atomic mass is 9.97. The first kappa shape index (κ1) is 25.4. The second kappa shape index (κ2) is 10.4. The molecule has 0 radical (unpaired) electrons. The number of aryl methyl sites for hydroxylation is 1. The Labute approximate surface area is 200 Å². The average molecular weight is 490 g/mol. The van der Waals surface area contributed by atoms with Crippen LogP contribution in [0.5, 0.6) is 0 Å². The number of hydrogen-bond acceptors (Lipinski definition) is 5. The fraction of sp³-hybridized carbons (Fsp3) is 0.320. The molecular formula is C25H26F3N3O2S. The molecule has 180 valence electrons. The van der Waals surface area contributed by atoms with E-state index in [0.717, 1.165) is 41.0 Å². The molecule has 34 heavy (non-hydrogen) atoms. The molecule has 0 fully saturated rings.